The average Bonchev–Trinajstić information content (AvgIpc) is 3.36. The molecule has 6 nitrogen and oxygen atoms in total. The first-order valence-corrected chi connectivity index (χ1v) is 13.4. The van der Waals surface area contributed by atoms with Gasteiger partial charge in [0.25, 0.3) is 0 Å². The van der Waals surface area contributed by atoms with Crippen molar-refractivity contribution < 1.29 is 22.7 Å². The maximum Gasteiger partial charge on any atom is 0.249 e. The molecule has 1 aliphatic heterocycles. The van der Waals surface area contributed by atoms with Gasteiger partial charge in [0.15, 0.2) is 0 Å². The van der Waals surface area contributed by atoms with Crippen LogP contribution < -0.4 is 5.32 Å². The second-order valence-electron chi connectivity index (χ2n) is 7.82. The number of carbonyl (C=O) groups is 1. The summed E-state index contributed by atoms with van der Waals surface area (Å²) in [6.45, 7) is -0.0667. The minimum Gasteiger partial charge on any atom is -0.396 e. The zero-order valence-corrected chi connectivity index (χ0v) is 19.9. The predicted octanol–water partition coefficient (Wildman–Crippen LogP) is 3.80. The quantitative estimate of drug-likeness (QED) is 0.492. The molecule has 1 aliphatic rings. The number of halogens is 1. The van der Waals surface area contributed by atoms with Crippen LogP contribution in [0.1, 0.15) is 18.0 Å². The van der Waals surface area contributed by atoms with E-state index in [9.17, 15) is 22.7 Å². The van der Waals surface area contributed by atoms with Crippen molar-refractivity contribution in [3.05, 3.63) is 90.2 Å². The summed E-state index contributed by atoms with van der Waals surface area (Å²) in [6, 6.07) is 21.5. The zero-order chi connectivity index (χ0) is 24.1. The third-order valence-electron chi connectivity index (χ3n) is 5.66. The number of nitrogens with zero attached hydrogens (tertiary/aromatic N) is 1. The van der Waals surface area contributed by atoms with E-state index in [1.807, 2.05) is 30.3 Å². The fourth-order valence-electron chi connectivity index (χ4n) is 3.93. The summed E-state index contributed by atoms with van der Waals surface area (Å²) in [5.41, 5.74) is 2.11. The minimum atomic E-state index is -3.92. The fraction of sp³-hybridized carbons (Fsp3) is 0.240. The largest absolute Gasteiger partial charge is 0.396 e. The third-order valence-corrected chi connectivity index (χ3v) is 8.87. The van der Waals surface area contributed by atoms with Gasteiger partial charge in [-0.1, -0.05) is 60.7 Å². The summed E-state index contributed by atoms with van der Waals surface area (Å²) in [7, 11) is -3.92. The van der Waals surface area contributed by atoms with E-state index < -0.39 is 33.2 Å². The molecule has 1 heterocycles. The second kappa shape index (κ2) is 10.7. The van der Waals surface area contributed by atoms with Crippen molar-refractivity contribution >= 4 is 27.7 Å². The lowest BCUT2D eigenvalue weighted by molar-refractivity contribution is -0.123. The van der Waals surface area contributed by atoms with Crippen molar-refractivity contribution in [3.8, 4) is 11.1 Å². The van der Waals surface area contributed by atoms with Crippen molar-refractivity contribution in [1.82, 2.24) is 9.62 Å². The number of rotatable bonds is 8. The smallest absolute Gasteiger partial charge is 0.249 e. The Kier molecular flexibility index (Phi) is 7.67. The van der Waals surface area contributed by atoms with Crippen LogP contribution in [0.3, 0.4) is 0 Å². The minimum absolute atomic E-state index is 0.105. The summed E-state index contributed by atoms with van der Waals surface area (Å²) >= 11 is 1.22. The zero-order valence-electron chi connectivity index (χ0n) is 18.3. The molecule has 0 bridgehead atoms. The molecule has 1 saturated heterocycles. The molecule has 0 saturated carbocycles. The normalized spacial score (nSPS) is 17.4. The molecule has 3 aromatic rings. The number of carbonyl (C=O) groups excluding carboxylic acids is 1. The van der Waals surface area contributed by atoms with Crippen LogP contribution in [0.25, 0.3) is 11.1 Å². The van der Waals surface area contributed by atoms with Gasteiger partial charge in [-0.05, 0) is 35.7 Å². The number of amides is 1. The summed E-state index contributed by atoms with van der Waals surface area (Å²) in [5.74, 6) is -0.568. The maximum atomic E-state index is 14.3. The molecule has 178 valence electrons. The van der Waals surface area contributed by atoms with E-state index in [0.29, 0.717) is 5.75 Å². The number of hydrogen-bond acceptors (Lipinski definition) is 5. The van der Waals surface area contributed by atoms with Crippen LogP contribution in [0.2, 0.25) is 0 Å². The second-order valence-corrected chi connectivity index (χ2v) is 10.9. The SMILES string of the molecule is O=C(NC(CCO)c1ccccc1F)C1SCCN1S(=O)(=O)c1ccc(-c2ccccc2)cc1. The summed E-state index contributed by atoms with van der Waals surface area (Å²) in [4.78, 5) is 13.2. The maximum absolute atomic E-state index is 14.3. The Morgan fingerprint density at radius 2 is 1.68 bits per heavy atom. The molecule has 3 aromatic carbocycles. The molecule has 2 atom stereocenters. The number of aliphatic hydroxyl groups excluding tert-OH is 1. The number of thioether (sulfide) groups is 1. The topological polar surface area (TPSA) is 86.7 Å². The summed E-state index contributed by atoms with van der Waals surface area (Å²) in [5, 5.41) is 11.2. The van der Waals surface area contributed by atoms with Gasteiger partial charge in [0.1, 0.15) is 11.2 Å². The highest BCUT2D eigenvalue weighted by atomic mass is 32.2. The number of benzene rings is 3. The van der Waals surface area contributed by atoms with Crippen LogP contribution in [0, 0.1) is 5.82 Å². The first-order chi connectivity index (χ1) is 16.4. The first kappa shape index (κ1) is 24.4. The monoisotopic (exact) mass is 500 g/mol. The van der Waals surface area contributed by atoms with E-state index >= 15 is 0 Å². The van der Waals surface area contributed by atoms with Gasteiger partial charge >= 0.3 is 0 Å². The van der Waals surface area contributed by atoms with Crippen LogP contribution in [0.15, 0.2) is 83.8 Å². The van der Waals surface area contributed by atoms with E-state index in [-0.39, 0.29) is 30.0 Å². The van der Waals surface area contributed by atoms with Gasteiger partial charge in [0.05, 0.1) is 10.9 Å². The molecule has 0 aromatic heterocycles. The van der Waals surface area contributed by atoms with Gasteiger partial charge in [-0.25, -0.2) is 12.8 Å². The van der Waals surface area contributed by atoms with Gasteiger partial charge in [0, 0.05) is 24.5 Å². The molecule has 2 unspecified atom stereocenters. The molecule has 1 amide bonds. The molecule has 34 heavy (non-hydrogen) atoms. The van der Waals surface area contributed by atoms with Crippen molar-refractivity contribution in [3.63, 3.8) is 0 Å². The van der Waals surface area contributed by atoms with Gasteiger partial charge in [0.2, 0.25) is 15.9 Å². The van der Waals surface area contributed by atoms with Crippen LogP contribution in [0.5, 0.6) is 0 Å². The Bertz CT molecular complexity index is 1240. The van der Waals surface area contributed by atoms with E-state index in [0.717, 1.165) is 11.1 Å². The van der Waals surface area contributed by atoms with Gasteiger partial charge < -0.3 is 10.4 Å². The highest BCUT2D eigenvalue weighted by Crippen LogP contribution is 2.32. The van der Waals surface area contributed by atoms with Crippen LogP contribution >= 0.6 is 11.8 Å². The van der Waals surface area contributed by atoms with E-state index in [1.165, 1.54) is 22.1 Å². The molecule has 0 spiro atoms. The van der Waals surface area contributed by atoms with Crippen molar-refractivity contribution in [2.75, 3.05) is 18.9 Å². The molecule has 1 fully saturated rings. The number of nitrogens with one attached hydrogen (secondary N) is 1. The third kappa shape index (κ3) is 5.17. The van der Waals surface area contributed by atoms with E-state index in [4.69, 9.17) is 0 Å². The van der Waals surface area contributed by atoms with E-state index in [2.05, 4.69) is 5.32 Å². The lowest BCUT2D eigenvalue weighted by Crippen LogP contribution is -2.45. The van der Waals surface area contributed by atoms with Crippen molar-refractivity contribution in [1.29, 1.82) is 0 Å². The van der Waals surface area contributed by atoms with Crippen molar-refractivity contribution in [2.45, 2.75) is 22.7 Å². The molecule has 0 aliphatic carbocycles. The molecular formula is C25H25FN2O4S2. The molecule has 0 radical (unpaired) electrons. The van der Waals surface area contributed by atoms with Gasteiger partial charge in [-0.3, -0.25) is 4.79 Å². The summed E-state index contributed by atoms with van der Waals surface area (Å²) in [6.07, 6.45) is 0.109. The average molecular weight is 501 g/mol. The Hall–Kier alpha value is -2.72. The standard InChI is InChI=1S/C25H25FN2O4S2/c26-22-9-5-4-8-21(22)23(14-16-29)27-24(30)25-28(15-17-33-25)34(31,32)20-12-10-19(11-13-20)18-6-2-1-3-7-18/h1-13,23,25,29H,14-17H2,(H,27,30). The number of hydrogen-bond donors (Lipinski definition) is 2. The molecular weight excluding hydrogens is 475 g/mol. The highest BCUT2D eigenvalue weighted by molar-refractivity contribution is 8.02. The fourth-order valence-corrected chi connectivity index (χ4v) is 7.01. The molecule has 4 rings (SSSR count). The van der Waals surface area contributed by atoms with Gasteiger partial charge in [-0.2, -0.15) is 4.31 Å². The van der Waals surface area contributed by atoms with Crippen LogP contribution in [0.4, 0.5) is 4.39 Å². The number of aliphatic hydroxyl groups is 1. The Balaban J connectivity index is 1.53. The Morgan fingerprint density at radius 1 is 1.03 bits per heavy atom. The first-order valence-electron chi connectivity index (χ1n) is 10.9. The Labute approximate surface area is 202 Å². The summed E-state index contributed by atoms with van der Waals surface area (Å²) < 4.78 is 42.2. The van der Waals surface area contributed by atoms with Crippen LogP contribution in [-0.2, 0) is 14.8 Å². The Morgan fingerprint density at radius 3 is 2.35 bits per heavy atom. The number of sulfonamides is 1. The van der Waals surface area contributed by atoms with Crippen LogP contribution in [-0.4, -0.2) is 48.0 Å². The van der Waals surface area contributed by atoms with Gasteiger partial charge in [-0.15, -0.1) is 11.8 Å². The molecule has 2 N–H and O–H groups in total. The molecule has 9 heteroatoms. The highest BCUT2D eigenvalue weighted by Gasteiger charge is 2.40. The predicted molar refractivity (Wildman–Crippen MR) is 131 cm³/mol. The lowest BCUT2D eigenvalue weighted by atomic mass is 10.0. The van der Waals surface area contributed by atoms with Crippen molar-refractivity contribution in [2.24, 2.45) is 0 Å². The van der Waals surface area contributed by atoms with E-state index in [1.54, 1.807) is 42.5 Å². The lowest BCUT2D eigenvalue weighted by Gasteiger charge is -2.26.